The smallest absolute Gasteiger partial charge is 0.467 e. The second kappa shape index (κ2) is 8.52. The molecule has 1 aliphatic heterocycles. The van der Waals surface area contributed by atoms with Crippen LogP contribution in [0, 0.1) is 12.8 Å². The van der Waals surface area contributed by atoms with Crippen LogP contribution in [0.5, 0.6) is 5.75 Å². The largest absolute Gasteiger partial charge is 0.534 e. The summed E-state index contributed by atoms with van der Waals surface area (Å²) in [4.78, 5) is 24.7. The van der Waals surface area contributed by atoms with Crippen molar-refractivity contribution >= 4 is 16.1 Å². The van der Waals surface area contributed by atoms with E-state index in [0.29, 0.717) is 32.1 Å². The molecule has 1 fully saturated rings. The molecule has 1 unspecified atom stereocenters. The lowest BCUT2D eigenvalue weighted by Gasteiger charge is -2.27. The van der Waals surface area contributed by atoms with Gasteiger partial charge in [-0.3, -0.25) is 9.36 Å². The molecule has 2 rings (SSSR count). The van der Waals surface area contributed by atoms with E-state index in [2.05, 4.69) is 4.18 Å². The molecule has 1 saturated heterocycles. The molecule has 1 atom stereocenters. The molecular weight excluding hydrogens is 407 g/mol. The summed E-state index contributed by atoms with van der Waals surface area (Å²) in [7, 11) is -4.75. The van der Waals surface area contributed by atoms with Gasteiger partial charge in [-0.15, -0.1) is 0 Å². The fourth-order valence-electron chi connectivity index (χ4n) is 3.04. The third kappa shape index (κ3) is 5.04. The average Bonchev–Trinajstić information content (AvgIpc) is 2.59. The number of methoxy groups -OCH3 is 1. The minimum absolute atomic E-state index is 0.0577. The highest BCUT2D eigenvalue weighted by atomic mass is 32.2. The summed E-state index contributed by atoms with van der Waals surface area (Å²) in [5.41, 5.74) is -6.45. The number of pyridine rings is 1. The van der Waals surface area contributed by atoms with Crippen LogP contribution in [0.1, 0.15) is 31.0 Å². The molecule has 0 radical (unpaired) electrons. The Labute approximate surface area is 159 Å². The van der Waals surface area contributed by atoms with Crippen LogP contribution in [0.4, 0.5) is 13.2 Å². The van der Waals surface area contributed by atoms with Crippen molar-refractivity contribution in [3.63, 3.8) is 0 Å². The molecule has 0 saturated carbocycles. The van der Waals surface area contributed by atoms with Crippen LogP contribution in [-0.4, -0.2) is 44.8 Å². The highest BCUT2D eigenvalue weighted by Crippen LogP contribution is 2.29. The first-order chi connectivity index (χ1) is 13.0. The zero-order chi connectivity index (χ0) is 21.1. The van der Waals surface area contributed by atoms with Crippen molar-refractivity contribution in [2.24, 2.45) is 5.92 Å². The van der Waals surface area contributed by atoms with E-state index in [1.807, 2.05) is 0 Å². The van der Waals surface area contributed by atoms with Crippen molar-refractivity contribution < 1.29 is 40.0 Å². The van der Waals surface area contributed by atoms with E-state index >= 15 is 0 Å². The van der Waals surface area contributed by atoms with Crippen LogP contribution in [0.25, 0.3) is 0 Å². The molecule has 1 aromatic heterocycles. The zero-order valence-corrected chi connectivity index (χ0v) is 16.0. The number of aromatic nitrogens is 1. The van der Waals surface area contributed by atoms with Gasteiger partial charge in [-0.25, -0.2) is 4.79 Å². The lowest BCUT2D eigenvalue weighted by atomic mass is 9.92. The maximum absolute atomic E-state index is 12.5. The van der Waals surface area contributed by atoms with Gasteiger partial charge in [0.25, 0.3) is 5.56 Å². The van der Waals surface area contributed by atoms with Crippen LogP contribution in [0.15, 0.2) is 16.9 Å². The van der Waals surface area contributed by atoms with E-state index in [9.17, 15) is 31.2 Å². The minimum atomic E-state index is -5.91. The quantitative estimate of drug-likeness (QED) is 0.388. The molecule has 0 N–H and O–H groups in total. The third-order valence-corrected chi connectivity index (χ3v) is 5.38. The lowest BCUT2D eigenvalue weighted by molar-refractivity contribution is -0.145. The third-order valence-electron chi connectivity index (χ3n) is 4.41. The Bertz CT molecular complexity index is 873. The van der Waals surface area contributed by atoms with Gasteiger partial charge >= 0.3 is 21.6 Å². The van der Waals surface area contributed by atoms with Crippen LogP contribution >= 0.6 is 0 Å². The van der Waals surface area contributed by atoms with E-state index in [1.165, 1.54) is 6.92 Å². The number of carbonyl (C=O) groups is 1. The van der Waals surface area contributed by atoms with Crippen molar-refractivity contribution in [1.82, 2.24) is 4.57 Å². The maximum Gasteiger partial charge on any atom is 0.534 e. The molecule has 0 spiro atoms. The Morgan fingerprint density at radius 1 is 1.32 bits per heavy atom. The molecule has 28 heavy (non-hydrogen) atoms. The highest BCUT2D eigenvalue weighted by Gasteiger charge is 2.48. The number of hydrogen-bond acceptors (Lipinski definition) is 7. The Hall–Kier alpha value is -2.08. The van der Waals surface area contributed by atoms with Crippen LogP contribution in [0.2, 0.25) is 0 Å². The van der Waals surface area contributed by atoms with E-state index < -0.39 is 38.9 Å². The first kappa shape index (κ1) is 22.2. The number of aryl methyl sites for hydroxylation is 1. The Balaban J connectivity index is 2.37. The molecule has 0 aliphatic carbocycles. The summed E-state index contributed by atoms with van der Waals surface area (Å²) in [5, 5.41) is 0. The minimum Gasteiger partial charge on any atom is -0.467 e. The van der Waals surface area contributed by atoms with Gasteiger partial charge in [0.15, 0.2) is 0 Å². The maximum atomic E-state index is 12.5. The second-order valence-corrected chi connectivity index (χ2v) is 7.89. The van der Waals surface area contributed by atoms with Crippen molar-refractivity contribution in [2.75, 3.05) is 20.3 Å². The molecule has 8 nitrogen and oxygen atoms in total. The molecule has 1 aromatic rings. The molecule has 12 heteroatoms. The van der Waals surface area contributed by atoms with Crippen molar-refractivity contribution in [3.05, 3.63) is 28.2 Å². The summed E-state index contributed by atoms with van der Waals surface area (Å²) in [5.74, 6) is -1.38. The van der Waals surface area contributed by atoms with Crippen molar-refractivity contribution in [3.8, 4) is 5.75 Å². The van der Waals surface area contributed by atoms with Gasteiger partial charge in [-0.2, -0.15) is 21.6 Å². The van der Waals surface area contributed by atoms with Crippen LogP contribution in [0.3, 0.4) is 0 Å². The first-order valence-corrected chi connectivity index (χ1v) is 9.76. The lowest BCUT2D eigenvalue weighted by Crippen LogP contribution is -2.35. The fourth-order valence-corrected chi connectivity index (χ4v) is 3.49. The summed E-state index contributed by atoms with van der Waals surface area (Å²) < 4.78 is 74.8. The second-order valence-electron chi connectivity index (χ2n) is 6.35. The van der Waals surface area contributed by atoms with Gasteiger partial charge in [0.05, 0.1) is 7.11 Å². The van der Waals surface area contributed by atoms with Crippen molar-refractivity contribution in [2.45, 2.75) is 37.7 Å². The summed E-state index contributed by atoms with van der Waals surface area (Å²) in [6.07, 6.45) is 1.65. The number of rotatable bonds is 6. The standard InChI is InChI=1S/C16H20F3NO7S/c1-10-7-12(27-28(23,24)16(17,18)19)9-14(21)20(10)13(15(22)25-2)8-11-3-5-26-6-4-11/h7,9,11,13H,3-6,8H2,1-2H3. The molecule has 1 aliphatic rings. The predicted octanol–water partition coefficient (Wildman–Crippen LogP) is 1.92. The van der Waals surface area contributed by atoms with Gasteiger partial charge in [0, 0.05) is 31.0 Å². The topological polar surface area (TPSA) is 101 Å². The van der Waals surface area contributed by atoms with Gasteiger partial charge in [-0.05, 0) is 32.1 Å². The molecule has 0 aromatic carbocycles. The molecule has 158 valence electrons. The van der Waals surface area contributed by atoms with Crippen LogP contribution < -0.4 is 9.74 Å². The number of hydrogen-bond donors (Lipinski definition) is 0. The molecule has 0 amide bonds. The molecular formula is C16H20F3NO7S. The number of alkyl halides is 3. The van der Waals surface area contributed by atoms with Crippen molar-refractivity contribution in [1.29, 1.82) is 0 Å². The SMILES string of the molecule is COC(=O)C(CC1CCOCC1)n1c(C)cc(OS(=O)(=O)C(F)(F)F)cc1=O. The van der Waals surface area contributed by atoms with Gasteiger partial charge in [0.1, 0.15) is 11.8 Å². The molecule has 0 bridgehead atoms. The van der Waals surface area contributed by atoms with E-state index in [0.717, 1.165) is 17.7 Å². The van der Waals surface area contributed by atoms with E-state index in [-0.39, 0.29) is 18.0 Å². The van der Waals surface area contributed by atoms with Crippen LogP contribution in [-0.2, 0) is 24.4 Å². The fraction of sp³-hybridized carbons (Fsp3) is 0.625. The average molecular weight is 427 g/mol. The van der Waals surface area contributed by atoms with Gasteiger partial charge in [-0.1, -0.05) is 0 Å². The van der Waals surface area contributed by atoms with Gasteiger partial charge in [0.2, 0.25) is 0 Å². The predicted molar refractivity (Wildman–Crippen MR) is 90.3 cm³/mol. The summed E-state index contributed by atoms with van der Waals surface area (Å²) in [6, 6.07) is 0.537. The number of nitrogens with zero attached hydrogens (tertiary/aromatic N) is 1. The first-order valence-electron chi connectivity index (χ1n) is 8.35. The van der Waals surface area contributed by atoms with Gasteiger partial charge < -0.3 is 13.7 Å². The number of carbonyl (C=O) groups excluding carboxylic acids is 1. The number of ether oxygens (including phenoxy) is 2. The summed E-state index contributed by atoms with van der Waals surface area (Å²) >= 11 is 0. The Morgan fingerprint density at radius 2 is 1.93 bits per heavy atom. The highest BCUT2D eigenvalue weighted by molar-refractivity contribution is 7.88. The zero-order valence-electron chi connectivity index (χ0n) is 15.2. The number of halogens is 3. The van der Waals surface area contributed by atoms with E-state index in [1.54, 1.807) is 0 Å². The summed E-state index contributed by atoms with van der Waals surface area (Å²) in [6.45, 7) is 2.40. The van der Waals surface area contributed by atoms with E-state index in [4.69, 9.17) is 9.47 Å². The Kier molecular flexibility index (Phi) is 6.75. The molecule has 2 heterocycles. The number of esters is 1. The monoisotopic (exact) mass is 427 g/mol. The normalized spacial score (nSPS) is 17.2. The Morgan fingerprint density at radius 3 is 2.43 bits per heavy atom.